The summed E-state index contributed by atoms with van der Waals surface area (Å²) in [5, 5.41) is 12.2. The van der Waals surface area contributed by atoms with Crippen molar-refractivity contribution in [1.29, 1.82) is 0 Å². The summed E-state index contributed by atoms with van der Waals surface area (Å²) in [4.78, 5) is 53.6. The maximum Gasteiger partial charge on any atom is 0.326 e. The summed E-state index contributed by atoms with van der Waals surface area (Å²) in [6.45, 7) is 8.60. The largest absolute Gasteiger partial charge is 0.480 e. The molecule has 0 aromatic rings. The third kappa shape index (κ3) is 5.96. The molecule has 0 saturated carbocycles. The van der Waals surface area contributed by atoms with E-state index in [0.717, 1.165) is 6.42 Å². The highest BCUT2D eigenvalue weighted by atomic mass is 16.4. The number of nitrogens with one attached hydrogen (secondary N) is 1. The lowest BCUT2D eigenvalue weighted by Gasteiger charge is -2.33. The lowest BCUT2D eigenvalue weighted by molar-refractivity contribution is -0.152. The number of carbonyl (C=O) groups excluding carboxylic acids is 3. The first-order valence-electron chi connectivity index (χ1n) is 11.5. The van der Waals surface area contributed by atoms with Gasteiger partial charge < -0.3 is 26.0 Å². The monoisotopic (exact) mass is 438 g/mol. The molecular weight excluding hydrogens is 400 g/mol. The van der Waals surface area contributed by atoms with Crippen LogP contribution < -0.4 is 11.1 Å². The first-order valence-corrected chi connectivity index (χ1v) is 11.5. The molecule has 2 aliphatic heterocycles. The first-order chi connectivity index (χ1) is 14.6. The van der Waals surface area contributed by atoms with Gasteiger partial charge in [0.1, 0.15) is 18.1 Å². The van der Waals surface area contributed by atoms with Crippen LogP contribution in [0.2, 0.25) is 0 Å². The van der Waals surface area contributed by atoms with Crippen LogP contribution in [-0.2, 0) is 19.2 Å². The Morgan fingerprint density at radius 2 is 1.61 bits per heavy atom. The molecule has 9 nitrogen and oxygen atoms in total. The van der Waals surface area contributed by atoms with Gasteiger partial charge in [0, 0.05) is 13.1 Å². The Morgan fingerprint density at radius 3 is 2.16 bits per heavy atom. The van der Waals surface area contributed by atoms with Crippen molar-refractivity contribution in [1.82, 2.24) is 15.1 Å². The Hall–Kier alpha value is -2.16. The second kappa shape index (κ2) is 10.9. The summed E-state index contributed by atoms with van der Waals surface area (Å²) in [7, 11) is 0. The molecule has 2 fully saturated rings. The molecule has 0 radical (unpaired) electrons. The summed E-state index contributed by atoms with van der Waals surface area (Å²) in [5.74, 6) is -1.83. The number of carbonyl (C=O) groups is 4. The second-order valence-corrected chi connectivity index (χ2v) is 9.32. The number of carboxylic acid groups (broad SMARTS) is 1. The number of carboxylic acids is 1. The highest BCUT2D eigenvalue weighted by molar-refractivity contribution is 5.94. The minimum absolute atomic E-state index is 0.0148. The minimum Gasteiger partial charge on any atom is -0.480 e. The van der Waals surface area contributed by atoms with Gasteiger partial charge in [-0.3, -0.25) is 14.4 Å². The smallest absolute Gasteiger partial charge is 0.326 e. The highest BCUT2D eigenvalue weighted by Crippen LogP contribution is 2.26. The third-order valence-corrected chi connectivity index (χ3v) is 6.52. The number of hydrogen-bond acceptors (Lipinski definition) is 5. The molecular formula is C22H38N4O5. The number of nitrogens with zero attached hydrogens (tertiary/aromatic N) is 2. The summed E-state index contributed by atoms with van der Waals surface area (Å²) in [6, 6.07) is -2.97. The molecule has 2 aliphatic rings. The molecule has 2 rings (SSSR count). The van der Waals surface area contributed by atoms with E-state index in [0.29, 0.717) is 45.2 Å². The van der Waals surface area contributed by atoms with E-state index in [4.69, 9.17) is 5.73 Å². The molecule has 31 heavy (non-hydrogen) atoms. The third-order valence-electron chi connectivity index (χ3n) is 6.52. The standard InChI is InChI=1S/C22H38N4O5/c1-5-14(4)18(23)19(27)24-15(12-13(2)3)20(28)25-10-6-8-16(25)21(29)26-11-7-9-17(26)22(30)31/h13-18H,5-12,23H2,1-4H3,(H,24,27)(H,30,31)/t14-,15-,16-,17-,18-/m0/s1. The Morgan fingerprint density at radius 1 is 1.03 bits per heavy atom. The predicted octanol–water partition coefficient (Wildman–Crippen LogP) is 0.957. The molecule has 0 spiro atoms. The van der Waals surface area contributed by atoms with Gasteiger partial charge in [0.25, 0.3) is 0 Å². The Labute approximate surface area is 184 Å². The Bertz CT molecular complexity index is 683. The van der Waals surface area contributed by atoms with E-state index in [9.17, 15) is 24.3 Å². The molecule has 2 heterocycles. The van der Waals surface area contributed by atoms with Crippen LogP contribution in [0, 0.1) is 11.8 Å². The van der Waals surface area contributed by atoms with Crippen LogP contribution in [0.15, 0.2) is 0 Å². The number of rotatable bonds is 9. The molecule has 176 valence electrons. The zero-order valence-electron chi connectivity index (χ0n) is 19.2. The summed E-state index contributed by atoms with van der Waals surface area (Å²) in [5.41, 5.74) is 6.05. The van der Waals surface area contributed by atoms with E-state index >= 15 is 0 Å². The fourth-order valence-electron chi connectivity index (χ4n) is 4.44. The van der Waals surface area contributed by atoms with E-state index in [1.54, 1.807) is 0 Å². The van der Waals surface area contributed by atoms with Crippen LogP contribution in [0.3, 0.4) is 0 Å². The van der Waals surface area contributed by atoms with Gasteiger partial charge in [-0.15, -0.1) is 0 Å². The van der Waals surface area contributed by atoms with Gasteiger partial charge in [0.2, 0.25) is 17.7 Å². The topological polar surface area (TPSA) is 133 Å². The quantitative estimate of drug-likeness (QED) is 0.491. The number of amides is 3. The molecule has 2 saturated heterocycles. The van der Waals surface area contributed by atoms with Crippen LogP contribution in [0.1, 0.15) is 66.2 Å². The zero-order chi connectivity index (χ0) is 23.3. The fraction of sp³-hybridized carbons (Fsp3) is 0.818. The van der Waals surface area contributed by atoms with Gasteiger partial charge in [0.15, 0.2) is 0 Å². The molecule has 0 aliphatic carbocycles. The summed E-state index contributed by atoms with van der Waals surface area (Å²) in [6.07, 6.45) is 3.44. The van der Waals surface area contributed by atoms with Gasteiger partial charge >= 0.3 is 5.97 Å². The summed E-state index contributed by atoms with van der Waals surface area (Å²) < 4.78 is 0. The Balaban J connectivity index is 2.16. The van der Waals surface area contributed by atoms with Gasteiger partial charge in [0.05, 0.1) is 6.04 Å². The molecule has 9 heteroatoms. The van der Waals surface area contributed by atoms with E-state index in [1.807, 2.05) is 27.7 Å². The molecule has 0 aromatic heterocycles. The van der Waals surface area contributed by atoms with Crippen LogP contribution in [-0.4, -0.2) is 75.9 Å². The number of aliphatic carboxylic acids is 1. The minimum atomic E-state index is -1.01. The average Bonchev–Trinajstić information content (AvgIpc) is 3.40. The van der Waals surface area contributed by atoms with E-state index in [-0.39, 0.29) is 29.6 Å². The summed E-state index contributed by atoms with van der Waals surface area (Å²) >= 11 is 0. The number of hydrogen-bond donors (Lipinski definition) is 3. The van der Waals surface area contributed by atoms with Crippen molar-refractivity contribution in [2.24, 2.45) is 17.6 Å². The molecule has 5 atom stereocenters. The average molecular weight is 439 g/mol. The van der Waals surface area contributed by atoms with E-state index < -0.39 is 30.1 Å². The van der Waals surface area contributed by atoms with Gasteiger partial charge in [-0.1, -0.05) is 34.1 Å². The normalized spacial score (nSPS) is 24.2. The molecule has 0 aromatic carbocycles. The Kier molecular flexibility index (Phi) is 8.85. The maximum absolute atomic E-state index is 13.4. The fourth-order valence-corrected chi connectivity index (χ4v) is 4.44. The first kappa shape index (κ1) is 25.1. The van der Waals surface area contributed by atoms with Crippen molar-refractivity contribution in [3.63, 3.8) is 0 Å². The van der Waals surface area contributed by atoms with Crippen LogP contribution >= 0.6 is 0 Å². The van der Waals surface area contributed by atoms with Gasteiger partial charge in [-0.2, -0.15) is 0 Å². The van der Waals surface area contributed by atoms with Gasteiger partial charge in [-0.25, -0.2) is 4.79 Å². The second-order valence-electron chi connectivity index (χ2n) is 9.32. The highest BCUT2D eigenvalue weighted by Gasteiger charge is 2.43. The number of likely N-dealkylation sites (tertiary alicyclic amines) is 2. The van der Waals surface area contributed by atoms with E-state index in [2.05, 4.69) is 5.32 Å². The van der Waals surface area contributed by atoms with Crippen molar-refractivity contribution in [2.45, 2.75) is 90.4 Å². The SMILES string of the molecule is CC[C@H](C)[C@H](N)C(=O)N[C@@H](CC(C)C)C(=O)N1CCC[C@H]1C(=O)N1CCC[C@H]1C(=O)O. The maximum atomic E-state index is 13.4. The zero-order valence-corrected chi connectivity index (χ0v) is 19.2. The predicted molar refractivity (Wildman–Crippen MR) is 116 cm³/mol. The van der Waals surface area contributed by atoms with Gasteiger partial charge in [-0.05, 0) is 43.9 Å². The van der Waals surface area contributed by atoms with Crippen molar-refractivity contribution in [3.8, 4) is 0 Å². The van der Waals surface area contributed by atoms with Crippen molar-refractivity contribution >= 4 is 23.7 Å². The molecule has 3 amide bonds. The molecule has 0 bridgehead atoms. The van der Waals surface area contributed by atoms with Crippen molar-refractivity contribution in [2.75, 3.05) is 13.1 Å². The lowest BCUT2D eigenvalue weighted by atomic mass is 9.97. The van der Waals surface area contributed by atoms with Crippen LogP contribution in [0.25, 0.3) is 0 Å². The number of nitrogens with two attached hydrogens (primary N) is 1. The molecule has 4 N–H and O–H groups in total. The van der Waals surface area contributed by atoms with Crippen LogP contribution in [0.5, 0.6) is 0 Å². The lowest BCUT2D eigenvalue weighted by Crippen LogP contribution is -2.57. The van der Waals surface area contributed by atoms with Crippen molar-refractivity contribution in [3.05, 3.63) is 0 Å². The van der Waals surface area contributed by atoms with Crippen LogP contribution in [0.4, 0.5) is 0 Å². The molecule has 0 unspecified atom stereocenters. The van der Waals surface area contributed by atoms with Crippen molar-refractivity contribution < 1.29 is 24.3 Å². The van der Waals surface area contributed by atoms with E-state index in [1.165, 1.54) is 9.80 Å².